The molecule has 1 unspecified atom stereocenters. The van der Waals surface area contributed by atoms with Gasteiger partial charge >= 0.3 is 0 Å². The summed E-state index contributed by atoms with van der Waals surface area (Å²) >= 11 is 0. The van der Waals surface area contributed by atoms with Crippen molar-refractivity contribution >= 4 is 11.0 Å². The van der Waals surface area contributed by atoms with Gasteiger partial charge in [0.25, 0.3) is 0 Å². The van der Waals surface area contributed by atoms with Gasteiger partial charge in [0.05, 0.1) is 11.0 Å². The van der Waals surface area contributed by atoms with Gasteiger partial charge in [-0.25, -0.2) is 4.98 Å². The molecule has 0 saturated carbocycles. The van der Waals surface area contributed by atoms with Crippen molar-refractivity contribution < 1.29 is 0 Å². The van der Waals surface area contributed by atoms with Crippen LogP contribution in [0.25, 0.3) is 11.0 Å². The highest BCUT2D eigenvalue weighted by molar-refractivity contribution is 5.77. The molecule has 3 rings (SSSR count). The number of aromatic nitrogens is 2. The van der Waals surface area contributed by atoms with Gasteiger partial charge in [-0.1, -0.05) is 26.8 Å². The fourth-order valence-corrected chi connectivity index (χ4v) is 3.37. The summed E-state index contributed by atoms with van der Waals surface area (Å²) in [5.74, 6) is 2.42. The molecule has 0 bridgehead atoms. The molecule has 1 aliphatic rings. The van der Waals surface area contributed by atoms with Crippen LogP contribution in [0.3, 0.4) is 0 Å². The van der Waals surface area contributed by atoms with E-state index in [4.69, 9.17) is 4.98 Å². The lowest BCUT2D eigenvalue weighted by molar-refractivity contribution is 0.433. The average Bonchev–Trinajstić information content (AvgIpc) is 2.86. The molecule has 0 spiro atoms. The highest BCUT2D eigenvalue weighted by Gasteiger charge is 2.22. The molecule has 1 N–H and O–H groups in total. The van der Waals surface area contributed by atoms with Crippen molar-refractivity contribution in [1.29, 1.82) is 0 Å². The number of nitrogens with one attached hydrogen (secondary N) is 1. The van der Waals surface area contributed by atoms with Gasteiger partial charge in [-0.2, -0.15) is 0 Å². The Morgan fingerprint density at radius 1 is 1.38 bits per heavy atom. The van der Waals surface area contributed by atoms with E-state index in [1.165, 1.54) is 35.3 Å². The molecule has 114 valence electrons. The lowest BCUT2D eigenvalue weighted by Gasteiger charge is -2.23. The van der Waals surface area contributed by atoms with E-state index in [-0.39, 0.29) is 0 Å². The summed E-state index contributed by atoms with van der Waals surface area (Å²) in [4.78, 5) is 5.02. The summed E-state index contributed by atoms with van der Waals surface area (Å²) < 4.78 is 2.46. The van der Waals surface area contributed by atoms with Crippen LogP contribution in [0.4, 0.5) is 0 Å². The van der Waals surface area contributed by atoms with Crippen LogP contribution in [-0.2, 0) is 6.54 Å². The van der Waals surface area contributed by atoms with E-state index in [1.807, 2.05) is 0 Å². The van der Waals surface area contributed by atoms with Crippen LogP contribution >= 0.6 is 0 Å². The number of imidazole rings is 1. The molecule has 1 aliphatic heterocycles. The predicted molar refractivity (Wildman–Crippen MR) is 89.0 cm³/mol. The van der Waals surface area contributed by atoms with Gasteiger partial charge in [-0.05, 0) is 49.4 Å². The van der Waals surface area contributed by atoms with Gasteiger partial charge in [-0.3, -0.25) is 0 Å². The largest absolute Gasteiger partial charge is 0.328 e. The fourth-order valence-electron chi connectivity index (χ4n) is 3.37. The van der Waals surface area contributed by atoms with Crippen molar-refractivity contribution in [3.05, 3.63) is 29.6 Å². The number of rotatable bonds is 4. The molecule has 0 amide bonds. The number of hydrogen-bond acceptors (Lipinski definition) is 2. The van der Waals surface area contributed by atoms with Crippen LogP contribution in [0.1, 0.15) is 63.3 Å². The van der Waals surface area contributed by atoms with E-state index < -0.39 is 0 Å². The molecule has 2 heterocycles. The first-order chi connectivity index (χ1) is 10.2. The molecule has 0 radical (unpaired) electrons. The van der Waals surface area contributed by atoms with Gasteiger partial charge in [0, 0.05) is 19.0 Å². The summed E-state index contributed by atoms with van der Waals surface area (Å²) in [5, 5.41) is 3.52. The standard InChI is InChI=1S/C18H27N3/c1-4-10-21-17-8-7-14(13(2)3)11-16(17)20-18(21)15-6-5-9-19-12-15/h7-8,11,13,15,19H,4-6,9-10,12H2,1-3H3. The zero-order valence-electron chi connectivity index (χ0n) is 13.5. The van der Waals surface area contributed by atoms with Crippen LogP contribution in [0.15, 0.2) is 18.2 Å². The Balaban J connectivity index is 2.06. The molecular weight excluding hydrogens is 258 g/mol. The molecule has 21 heavy (non-hydrogen) atoms. The highest BCUT2D eigenvalue weighted by atomic mass is 15.1. The molecule has 3 heteroatoms. The lowest BCUT2D eigenvalue weighted by Crippen LogP contribution is -2.30. The molecule has 1 aromatic heterocycles. The topological polar surface area (TPSA) is 29.9 Å². The number of nitrogens with zero attached hydrogens (tertiary/aromatic N) is 2. The molecule has 0 aliphatic carbocycles. The van der Waals surface area contributed by atoms with E-state index >= 15 is 0 Å². The number of aryl methyl sites for hydroxylation is 1. The summed E-state index contributed by atoms with van der Waals surface area (Å²) in [6, 6.07) is 6.82. The Hall–Kier alpha value is -1.35. The van der Waals surface area contributed by atoms with Crippen LogP contribution in [0, 0.1) is 0 Å². The van der Waals surface area contributed by atoms with Crippen molar-refractivity contribution in [2.24, 2.45) is 0 Å². The summed E-state index contributed by atoms with van der Waals surface area (Å²) in [5.41, 5.74) is 3.87. The quantitative estimate of drug-likeness (QED) is 0.919. The molecule has 1 aromatic carbocycles. The van der Waals surface area contributed by atoms with E-state index in [0.29, 0.717) is 11.8 Å². The maximum Gasteiger partial charge on any atom is 0.114 e. The molecule has 2 aromatic rings. The minimum absolute atomic E-state index is 0.561. The lowest BCUT2D eigenvalue weighted by atomic mass is 9.99. The maximum absolute atomic E-state index is 5.02. The minimum atomic E-state index is 0.561. The van der Waals surface area contributed by atoms with Gasteiger partial charge in [0.1, 0.15) is 5.82 Å². The van der Waals surface area contributed by atoms with Crippen LogP contribution in [-0.4, -0.2) is 22.6 Å². The monoisotopic (exact) mass is 285 g/mol. The van der Waals surface area contributed by atoms with Gasteiger partial charge in [-0.15, -0.1) is 0 Å². The van der Waals surface area contributed by atoms with Crippen molar-refractivity contribution in [2.45, 2.75) is 58.4 Å². The van der Waals surface area contributed by atoms with Gasteiger partial charge in [0.15, 0.2) is 0 Å². The third-order valence-corrected chi connectivity index (χ3v) is 4.58. The first kappa shape index (κ1) is 14.6. The first-order valence-corrected chi connectivity index (χ1v) is 8.41. The second kappa shape index (κ2) is 6.18. The van der Waals surface area contributed by atoms with Gasteiger partial charge in [0.2, 0.25) is 0 Å². The number of benzene rings is 1. The van der Waals surface area contributed by atoms with E-state index in [9.17, 15) is 0 Å². The number of piperidine rings is 1. The third-order valence-electron chi connectivity index (χ3n) is 4.58. The van der Waals surface area contributed by atoms with Crippen LogP contribution in [0.2, 0.25) is 0 Å². The second-order valence-electron chi connectivity index (χ2n) is 6.57. The fraction of sp³-hybridized carbons (Fsp3) is 0.611. The Labute approximate surface area is 127 Å². The first-order valence-electron chi connectivity index (χ1n) is 8.41. The molecule has 3 nitrogen and oxygen atoms in total. The molecule has 1 fully saturated rings. The molecule has 1 atom stereocenters. The predicted octanol–water partition coefficient (Wildman–Crippen LogP) is 4.04. The summed E-state index contributed by atoms with van der Waals surface area (Å²) in [7, 11) is 0. The van der Waals surface area contributed by atoms with Crippen molar-refractivity contribution in [1.82, 2.24) is 14.9 Å². The second-order valence-corrected chi connectivity index (χ2v) is 6.57. The Kier molecular flexibility index (Phi) is 4.29. The third kappa shape index (κ3) is 2.84. The van der Waals surface area contributed by atoms with Gasteiger partial charge < -0.3 is 9.88 Å². The minimum Gasteiger partial charge on any atom is -0.328 e. The van der Waals surface area contributed by atoms with Crippen LogP contribution < -0.4 is 5.32 Å². The molecule has 1 saturated heterocycles. The Bertz CT molecular complexity index is 606. The van der Waals surface area contributed by atoms with Crippen molar-refractivity contribution in [3.63, 3.8) is 0 Å². The normalized spacial score (nSPS) is 19.5. The molecular formula is C18H27N3. The summed E-state index contributed by atoms with van der Waals surface area (Å²) in [6.07, 6.45) is 3.68. The van der Waals surface area contributed by atoms with E-state index in [2.05, 4.69) is 48.9 Å². The van der Waals surface area contributed by atoms with Crippen LogP contribution in [0.5, 0.6) is 0 Å². The van der Waals surface area contributed by atoms with E-state index in [0.717, 1.165) is 26.1 Å². The summed E-state index contributed by atoms with van der Waals surface area (Å²) in [6.45, 7) is 10.0. The zero-order valence-corrected chi connectivity index (χ0v) is 13.5. The highest BCUT2D eigenvalue weighted by Crippen LogP contribution is 2.28. The number of hydrogen-bond donors (Lipinski definition) is 1. The van der Waals surface area contributed by atoms with Crippen molar-refractivity contribution in [3.8, 4) is 0 Å². The average molecular weight is 285 g/mol. The smallest absolute Gasteiger partial charge is 0.114 e. The maximum atomic E-state index is 5.02. The SMILES string of the molecule is CCCn1c(C2CCCNC2)nc2cc(C(C)C)ccc21. The van der Waals surface area contributed by atoms with E-state index in [1.54, 1.807) is 0 Å². The number of fused-ring (bicyclic) bond motifs is 1. The Morgan fingerprint density at radius 3 is 2.90 bits per heavy atom. The van der Waals surface area contributed by atoms with Crippen molar-refractivity contribution in [2.75, 3.05) is 13.1 Å². The zero-order chi connectivity index (χ0) is 14.8. The Morgan fingerprint density at radius 2 is 2.24 bits per heavy atom.